The molecule has 0 aliphatic rings. The number of nitrogens with zero attached hydrogens (tertiary/aromatic N) is 2. The maximum absolute atomic E-state index is 11.8. The van der Waals surface area contributed by atoms with Gasteiger partial charge in [0.25, 0.3) is 0 Å². The standard InChI is InChI=1S/C12H13BrN4O/c1-8-7-9(3-4-10(8)13)15-12(18)16-11-5-6-14-17(11)2/h3-7H,1-2H3,(H2,15,16,18). The monoisotopic (exact) mass is 308 g/mol. The van der Waals surface area contributed by atoms with Crippen LogP contribution in [0.5, 0.6) is 0 Å². The lowest BCUT2D eigenvalue weighted by Crippen LogP contribution is -2.21. The summed E-state index contributed by atoms with van der Waals surface area (Å²) in [6.07, 6.45) is 1.62. The van der Waals surface area contributed by atoms with Crippen LogP contribution in [0.25, 0.3) is 0 Å². The molecule has 0 atom stereocenters. The zero-order valence-electron chi connectivity index (χ0n) is 10.1. The number of halogens is 1. The minimum atomic E-state index is -0.291. The molecular formula is C12H13BrN4O. The number of nitrogens with one attached hydrogen (secondary N) is 2. The Labute approximate surface area is 113 Å². The van der Waals surface area contributed by atoms with Crippen LogP contribution in [-0.4, -0.2) is 15.8 Å². The Morgan fingerprint density at radius 3 is 2.72 bits per heavy atom. The molecule has 0 aliphatic heterocycles. The summed E-state index contributed by atoms with van der Waals surface area (Å²) < 4.78 is 2.60. The SMILES string of the molecule is Cc1cc(NC(=O)Nc2ccnn2C)ccc1Br. The second-order valence-electron chi connectivity index (χ2n) is 3.88. The third-order valence-electron chi connectivity index (χ3n) is 2.48. The van der Waals surface area contributed by atoms with Gasteiger partial charge in [0.15, 0.2) is 0 Å². The summed E-state index contributed by atoms with van der Waals surface area (Å²) in [5.41, 5.74) is 1.81. The number of rotatable bonds is 2. The molecule has 2 N–H and O–H groups in total. The van der Waals surface area contributed by atoms with Gasteiger partial charge in [-0.3, -0.25) is 10.00 Å². The van der Waals surface area contributed by atoms with Gasteiger partial charge >= 0.3 is 6.03 Å². The molecule has 0 bridgehead atoms. The van der Waals surface area contributed by atoms with E-state index < -0.39 is 0 Å². The van der Waals surface area contributed by atoms with Crippen molar-refractivity contribution in [3.63, 3.8) is 0 Å². The Kier molecular flexibility index (Phi) is 3.66. The Hall–Kier alpha value is -1.82. The molecule has 1 aromatic heterocycles. The Morgan fingerprint density at radius 2 is 2.11 bits per heavy atom. The Bertz CT molecular complexity index is 579. The molecule has 1 aromatic carbocycles. The lowest BCUT2D eigenvalue weighted by atomic mass is 10.2. The van der Waals surface area contributed by atoms with Crippen LogP contribution in [0.3, 0.4) is 0 Å². The normalized spacial score (nSPS) is 10.2. The van der Waals surface area contributed by atoms with Gasteiger partial charge in [0, 0.05) is 23.3 Å². The molecule has 0 spiro atoms. The molecule has 0 fully saturated rings. The predicted molar refractivity (Wildman–Crippen MR) is 74.7 cm³/mol. The van der Waals surface area contributed by atoms with E-state index in [-0.39, 0.29) is 6.03 Å². The third-order valence-corrected chi connectivity index (χ3v) is 3.37. The Morgan fingerprint density at radius 1 is 1.33 bits per heavy atom. The minimum absolute atomic E-state index is 0.291. The molecule has 2 amide bonds. The summed E-state index contributed by atoms with van der Waals surface area (Å²) in [6, 6.07) is 7.06. The summed E-state index contributed by atoms with van der Waals surface area (Å²) >= 11 is 3.41. The van der Waals surface area contributed by atoms with Gasteiger partial charge in [-0.25, -0.2) is 4.79 Å². The average Bonchev–Trinajstić information content (AvgIpc) is 2.70. The van der Waals surface area contributed by atoms with E-state index in [1.54, 1.807) is 24.0 Å². The topological polar surface area (TPSA) is 59.0 Å². The van der Waals surface area contributed by atoms with Crippen molar-refractivity contribution < 1.29 is 4.79 Å². The van der Waals surface area contributed by atoms with E-state index in [1.807, 2.05) is 25.1 Å². The van der Waals surface area contributed by atoms with Gasteiger partial charge in [-0.1, -0.05) is 15.9 Å². The van der Waals surface area contributed by atoms with Crippen molar-refractivity contribution in [1.29, 1.82) is 0 Å². The van der Waals surface area contributed by atoms with Crippen LogP contribution in [0.1, 0.15) is 5.56 Å². The highest BCUT2D eigenvalue weighted by molar-refractivity contribution is 9.10. The number of hydrogen-bond donors (Lipinski definition) is 2. The summed E-state index contributed by atoms with van der Waals surface area (Å²) in [5, 5.41) is 9.45. The van der Waals surface area contributed by atoms with Crippen LogP contribution in [0.4, 0.5) is 16.3 Å². The molecule has 0 aliphatic carbocycles. The van der Waals surface area contributed by atoms with Gasteiger partial charge in [0.2, 0.25) is 0 Å². The second kappa shape index (κ2) is 5.22. The molecule has 0 saturated heterocycles. The molecular weight excluding hydrogens is 296 g/mol. The van der Waals surface area contributed by atoms with Crippen molar-refractivity contribution in [2.75, 3.05) is 10.6 Å². The van der Waals surface area contributed by atoms with Crippen LogP contribution in [0, 0.1) is 6.92 Å². The van der Waals surface area contributed by atoms with Crippen molar-refractivity contribution in [3.8, 4) is 0 Å². The predicted octanol–water partition coefficient (Wildman–Crippen LogP) is 3.14. The maximum atomic E-state index is 11.8. The van der Waals surface area contributed by atoms with E-state index >= 15 is 0 Å². The van der Waals surface area contributed by atoms with Crippen molar-refractivity contribution in [3.05, 3.63) is 40.5 Å². The van der Waals surface area contributed by atoms with Gasteiger partial charge in [0.1, 0.15) is 5.82 Å². The van der Waals surface area contributed by atoms with Crippen molar-refractivity contribution in [2.45, 2.75) is 6.92 Å². The second-order valence-corrected chi connectivity index (χ2v) is 4.74. The first-order valence-electron chi connectivity index (χ1n) is 5.38. The first-order chi connectivity index (χ1) is 8.56. The number of hydrogen-bond acceptors (Lipinski definition) is 2. The highest BCUT2D eigenvalue weighted by atomic mass is 79.9. The van der Waals surface area contributed by atoms with Crippen LogP contribution in [0.15, 0.2) is 34.9 Å². The number of urea groups is 1. The number of carbonyl (C=O) groups excluding carboxylic acids is 1. The fourth-order valence-electron chi connectivity index (χ4n) is 1.50. The summed E-state index contributed by atoms with van der Waals surface area (Å²) in [6.45, 7) is 1.97. The van der Waals surface area contributed by atoms with Crippen molar-refractivity contribution in [2.24, 2.45) is 7.05 Å². The van der Waals surface area contributed by atoms with E-state index in [1.165, 1.54) is 0 Å². The first-order valence-corrected chi connectivity index (χ1v) is 6.18. The third kappa shape index (κ3) is 2.89. The van der Waals surface area contributed by atoms with Gasteiger partial charge in [0.05, 0.1) is 6.20 Å². The lowest BCUT2D eigenvalue weighted by Gasteiger charge is -2.08. The van der Waals surface area contributed by atoms with E-state index in [0.717, 1.165) is 15.7 Å². The summed E-state index contributed by atoms with van der Waals surface area (Å²) in [7, 11) is 1.76. The number of aryl methyl sites for hydroxylation is 2. The van der Waals surface area contributed by atoms with Crippen LogP contribution in [0.2, 0.25) is 0 Å². The molecule has 18 heavy (non-hydrogen) atoms. The van der Waals surface area contributed by atoms with Crippen molar-refractivity contribution >= 4 is 33.5 Å². The molecule has 2 rings (SSSR count). The largest absolute Gasteiger partial charge is 0.324 e. The van der Waals surface area contributed by atoms with E-state index in [4.69, 9.17) is 0 Å². The highest BCUT2D eigenvalue weighted by Crippen LogP contribution is 2.20. The number of amides is 2. The molecule has 0 saturated carbocycles. The van der Waals surface area contributed by atoms with Crippen LogP contribution < -0.4 is 10.6 Å². The number of anilines is 2. The first kappa shape index (κ1) is 12.6. The molecule has 0 unspecified atom stereocenters. The zero-order valence-corrected chi connectivity index (χ0v) is 11.7. The highest BCUT2D eigenvalue weighted by Gasteiger charge is 2.05. The molecule has 2 aromatic rings. The van der Waals surface area contributed by atoms with E-state index in [9.17, 15) is 4.79 Å². The van der Waals surface area contributed by atoms with Crippen LogP contribution in [-0.2, 0) is 7.05 Å². The summed E-state index contributed by atoms with van der Waals surface area (Å²) in [5.74, 6) is 0.640. The van der Waals surface area contributed by atoms with Gasteiger partial charge in [-0.15, -0.1) is 0 Å². The molecule has 94 valence electrons. The smallest absolute Gasteiger partial charge is 0.308 e. The minimum Gasteiger partial charge on any atom is -0.308 e. The molecule has 1 heterocycles. The fourth-order valence-corrected chi connectivity index (χ4v) is 1.74. The molecule has 5 nitrogen and oxygen atoms in total. The van der Waals surface area contributed by atoms with E-state index in [0.29, 0.717) is 5.82 Å². The number of benzene rings is 1. The molecule has 0 radical (unpaired) electrons. The summed E-state index contributed by atoms with van der Waals surface area (Å²) in [4.78, 5) is 11.8. The number of carbonyl (C=O) groups is 1. The van der Waals surface area contributed by atoms with Gasteiger partial charge in [-0.2, -0.15) is 5.10 Å². The van der Waals surface area contributed by atoms with Gasteiger partial charge in [-0.05, 0) is 30.7 Å². The number of aromatic nitrogens is 2. The Balaban J connectivity index is 2.03. The fraction of sp³-hybridized carbons (Fsp3) is 0.167. The maximum Gasteiger partial charge on any atom is 0.324 e. The molecule has 6 heteroatoms. The van der Waals surface area contributed by atoms with Crippen molar-refractivity contribution in [1.82, 2.24) is 9.78 Å². The quantitative estimate of drug-likeness (QED) is 0.895. The average molecular weight is 309 g/mol. The lowest BCUT2D eigenvalue weighted by molar-refractivity contribution is 0.262. The van der Waals surface area contributed by atoms with E-state index in [2.05, 4.69) is 31.7 Å². The van der Waals surface area contributed by atoms with Gasteiger partial charge < -0.3 is 5.32 Å². The zero-order chi connectivity index (χ0) is 13.1. The van der Waals surface area contributed by atoms with Crippen LogP contribution >= 0.6 is 15.9 Å².